The Balaban J connectivity index is 0.000000265. The van der Waals surface area contributed by atoms with Crippen LogP contribution in [0.4, 0.5) is 4.79 Å². The molecule has 0 radical (unpaired) electrons. The van der Waals surface area contributed by atoms with E-state index in [-0.39, 0.29) is 11.1 Å². The molecule has 30 heavy (non-hydrogen) atoms. The molecule has 6 heteroatoms. The lowest BCUT2D eigenvalue weighted by Gasteiger charge is -2.17. The summed E-state index contributed by atoms with van der Waals surface area (Å²) in [6, 6.07) is 20.3. The van der Waals surface area contributed by atoms with Gasteiger partial charge in [0.25, 0.3) is 5.24 Å². The van der Waals surface area contributed by atoms with Gasteiger partial charge < -0.3 is 4.74 Å². The van der Waals surface area contributed by atoms with Gasteiger partial charge in [0.2, 0.25) is 5.91 Å². The molecule has 5 nitrogen and oxygen atoms in total. The number of benzene rings is 3. The van der Waals surface area contributed by atoms with Crippen molar-refractivity contribution in [2.24, 2.45) is 0 Å². The second kappa shape index (κ2) is 9.02. The molecule has 5 rings (SSSR count). The Kier molecular flexibility index (Phi) is 6.01. The average molecular weight is 417 g/mol. The lowest BCUT2D eigenvalue weighted by atomic mass is 9.92. The lowest BCUT2D eigenvalue weighted by Crippen LogP contribution is -2.18. The molecule has 1 fully saturated rings. The van der Waals surface area contributed by atoms with E-state index in [2.05, 4.69) is 29.6 Å². The Morgan fingerprint density at radius 3 is 2.37 bits per heavy atom. The zero-order valence-electron chi connectivity index (χ0n) is 16.3. The van der Waals surface area contributed by atoms with Crippen LogP contribution in [0.25, 0.3) is 10.8 Å². The first-order chi connectivity index (χ1) is 14.6. The smallest absolute Gasteiger partial charge is 0.286 e. The lowest BCUT2D eigenvalue weighted by molar-refractivity contribution is -0.117. The van der Waals surface area contributed by atoms with Gasteiger partial charge in [-0.1, -0.05) is 42.1 Å². The molecule has 0 atom stereocenters. The number of hydrogen-bond acceptors (Lipinski definition) is 5. The standard InChI is InChI=1S/C21H17NO.C3H3NO2S/c22-14-17-10-12-21(20-8-4-3-7-19(17)20)23-18-11-9-15-5-1-2-6-16(15)13-18;5-2-1-7-3(6)4-2/h3-4,7-13H,1-2,5-6H2;1H2,(H,4,5,6). The fraction of sp³-hybridized carbons (Fsp3) is 0.208. The van der Waals surface area contributed by atoms with Crippen LogP contribution in [0, 0.1) is 11.3 Å². The predicted octanol–water partition coefficient (Wildman–Crippen LogP) is 5.35. The van der Waals surface area contributed by atoms with Crippen LogP contribution in [0.1, 0.15) is 29.5 Å². The maximum absolute atomic E-state index is 10.1. The van der Waals surface area contributed by atoms with E-state index < -0.39 is 0 Å². The molecule has 150 valence electrons. The molecule has 2 amide bonds. The van der Waals surface area contributed by atoms with E-state index in [0.29, 0.717) is 11.3 Å². The maximum Gasteiger partial charge on any atom is 0.286 e. The highest BCUT2D eigenvalue weighted by atomic mass is 32.2. The molecule has 1 saturated heterocycles. The number of hydrogen-bond donors (Lipinski definition) is 1. The highest BCUT2D eigenvalue weighted by Crippen LogP contribution is 2.33. The number of nitriles is 1. The van der Waals surface area contributed by atoms with Gasteiger partial charge in [-0.05, 0) is 61.1 Å². The van der Waals surface area contributed by atoms with E-state index >= 15 is 0 Å². The van der Waals surface area contributed by atoms with Crippen molar-refractivity contribution in [3.05, 3.63) is 71.3 Å². The number of nitrogens with one attached hydrogen (secondary N) is 1. The molecular weight excluding hydrogens is 396 g/mol. The third-order valence-corrected chi connectivity index (χ3v) is 5.90. The summed E-state index contributed by atoms with van der Waals surface area (Å²) in [5.41, 5.74) is 3.54. The molecule has 2 aliphatic rings. The number of carbonyl (C=O) groups excluding carboxylic acids is 2. The summed E-state index contributed by atoms with van der Waals surface area (Å²) < 4.78 is 6.15. The van der Waals surface area contributed by atoms with E-state index in [1.54, 1.807) is 0 Å². The zero-order chi connectivity index (χ0) is 20.9. The van der Waals surface area contributed by atoms with E-state index in [9.17, 15) is 14.9 Å². The largest absolute Gasteiger partial charge is 0.457 e. The number of carbonyl (C=O) groups is 2. The SMILES string of the molecule is N#Cc1ccc(Oc2ccc3c(c2)CCCC3)c2ccccc12.O=C1CSC(=O)N1. The van der Waals surface area contributed by atoms with Crippen LogP contribution < -0.4 is 10.1 Å². The predicted molar refractivity (Wildman–Crippen MR) is 118 cm³/mol. The number of nitrogens with zero attached hydrogens (tertiary/aromatic N) is 1. The van der Waals surface area contributed by atoms with Crippen molar-refractivity contribution in [1.82, 2.24) is 5.32 Å². The monoisotopic (exact) mass is 416 g/mol. The molecule has 1 N–H and O–H groups in total. The number of thioether (sulfide) groups is 1. The Morgan fingerprint density at radius 1 is 0.933 bits per heavy atom. The van der Waals surface area contributed by atoms with Gasteiger partial charge in [0.1, 0.15) is 11.5 Å². The molecule has 0 bridgehead atoms. The van der Waals surface area contributed by atoms with E-state index in [1.165, 1.54) is 30.4 Å². The van der Waals surface area contributed by atoms with Crippen molar-refractivity contribution in [2.75, 3.05) is 5.75 Å². The van der Waals surface area contributed by atoms with E-state index in [1.807, 2.05) is 36.4 Å². The van der Waals surface area contributed by atoms with E-state index in [4.69, 9.17) is 4.74 Å². The van der Waals surface area contributed by atoms with Gasteiger partial charge in [-0.15, -0.1) is 0 Å². The van der Waals surface area contributed by atoms with Crippen LogP contribution >= 0.6 is 11.8 Å². The van der Waals surface area contributed by atoms with Gasteiger partial charge in [0.15, 0.2) is 0 Å². The molecular formula is C24H20N2O3S. The summed E-state index contributed by atoms with van der Waals surface area (Å²) in [4.78, 5) is 20.2. The van der Waals surface area contributed by atoms with Crippen molar-refractivity contribution < 1.29 is 14.3 Å². The first-order valence-electron chi connectivity index (χ1n) is 9.82. The van der Waals surface area contributed by atoms with Crippen LogP contribution in [-0.2, 0) is 17.6 Å². The molecule has 0 spiro atoms. The van der Waals surface area contributed by atoms with Crippen molar-refractivity contribution in [2.45, 2.75) is 25.7 Å². The second-order valence-corrected chi connectivity index (χ2v) is 8.08. The highest BCUT2D eigenvalue weighted by molar-refractivity contribution is 8.14. The molecule has 3 aromatic carbocycles. The Morgan fingerprint density at radius 2 is 1.70 bits per heavy atom. The van der Waals surface area contributed by atoms with Crippen LogP contribution in [-0.4, -0.2) is 16.9 Å². The summed E-state index contributed by atoms with van der Waals surface area (Å²) in [7, 11) is 0. The summed E-state index contributed by atoms with van der Waals surface area (Å²) in [5, 5.41) is 13.0. The third kappa shape index (κ3) is 4.47. The molecule has 0 unspecified atom stereocenters. The third-order valence-electron chi connectivity index (χ3n) is 5.13. The van der Waals surface area contributed by atoms with Crippen LogP contribution in [0.15, 0.2) is 54.6 Å². The molecule has 1 heterocycles. The van der Waals surface area contributed by atoms with Crippen molar-refractivity contribution in [3.8, 4) is 17.6 Å². The van der Waals surface area contributed by atoms with Gasteiger partial charge in [0.05, 0.1) is 17.4 Å². The number of amides is 2. The minimum Gasteiger partial charge on any atom is -0.457 e. The summed E-state index contributed by atoms with van der Waals surface area (Å²) >= 11 is 1.01. The number of fused-ring (bicyclic) bond motifs is 2. The van der Waals surface area contributed by atoms with Gasteiger partial charge in [-0.2, -0.15) is 5.26 Å². The fourth-order valence-electron chi connectivity index (χ4n) is 3.68. The van der Waals surface area contributed by atoms with Crippen molar-refractivity contribution >= 4 is 33.7 Å². The minimum atomic E-state index is -0.231. The average Bonchev–Trinajstić information content (AvgIpc) is 3.17. The summed E-state index contributed by atoms with van der Waals surface area (Å²) in [5.74, 6) is 1.78. The fourth-order valence-corrected chi connectivity index (χ4v) is 4.20. The molecule has 1 aliphatic heterocycles. The summed E-state index contributed by atoms with van der Waals surface area (Å²) in [6.07, 6.45) is 4.86. The van der Waals surface area contributed by atoms with Gasteiger partial charge in [0, 0.05) is 10.8 Å². The number of rotatable bonds is 2. The van der Waals surface area contributed by atoms with Crippen molar-refractivity contribution in [3.63, 3.8) is 0 Å². The van der Waals surface area contributed by atoms with Crippen LogP contribution in [0.3, 0.4) is 0 Å². The number of imide groups is 1. The van der Waals surface area contributed by atoms with Crippen molar-refractivity contribution in [1.29, 1.82) is 5.26 Å². The quantitative estimate of drug-likeness (QED) is 0.609. The Hall–Kier alpha value is -3.30. The first kappa shape index (κ1) is 20.0. The molecule has 3 aromatic rings. The second-order valence-electron chi connectivity index (χ2n) is 7.13. The van der Waals surface area contributed by atoms with Crippen LogP contribution in [0.2, 0.25) is 0 Å². The van der Waals surface area contributed by atoms with Gasteiger partial charge in [-0.3, -0.25) is 14.9 Å². The maximum atomic E-state index is 10.1. The Labute approximate surface area is 179 Å². The number of ether oxygens (including phenoxy) is 1. The molecule has 1 aliphatic carbocycles. The summed E-state index contributed by atoms with van der Waals surface area (Å²) in [6.45, 7) is 0. The minimum absolute atomic E-state index is 0.185. The van der Waals surface area contributed by atoms with Gasteiger partial charge >= 0.3 is 0 Å². The molecule has 0 saturated carbocycles. The zero-order valence-corrected chi connectivity index (χ0v) is 17.1. The molecule has 0 aromatic heterocycles. The first-order valence-corrected chi connectivity index (χ1v) is 10.8. The Bertz CT molecular complexity index is 1150. The number of aryl methyl sites for hydroxylation is 2. The van der Waals surface area contributed by atoms with E-state index in [0.717, 1.165) is 40.5 Å². The van der Waals surface area contributed by atoms with Crippen LogP contribution in [0.5, 0.6) is 11.5 Å². The van der Waals surface area contributed by atoms with Gasteiger partial charge in [-0.25, -0.2) is 0 Å². The normalized spacial score (nSPS) is 14.9. The highest BCUT2D eigenvalue weighted by Gasteiger charge is 2.16. The topological polar surface area (TPSA) is 79.2 Å².